The monoisotopic (exact) mass is 344 g/mol. The smallest absolute Gasteiger partial charge is 0.138 e. The van der Waals surface area contributed by atoms with E-state index in [0.29, 0.717) is 22.3 Å². The second-order valence-corrected chi connectivity index (χ2v) is 6.95. The maximum absolute atomic E-state index is 10.1. The highest BCUT2D eigenvalue weighted by Gasteiger charge is 2.31. The van der Waals surface area contributed by atoms with Gasteiger partial charge in [-0.1, -0.05) is 23.2 Å². The highest BCUT2D eigenvalue weighted by Crippen LogP contribution is 2.28. The van der Waals surface area contributed by atoms with Gasteiger partial charge in [0, 0.05) is 43.8 Å². The van der Waals surface area contributed by atoms with Crippen LogP contribution < -0.4 is 4.74 Å². The molecule has 1 saturated heterocycles. The highest BCUT2D eigenvalue weighted by atomic mass is 35.5. The first-order chi connectivity index (χ1) is 10.6. The van der Waals surface area contributed by atoms with Gasteiger partial charge >= 0.3 is 0 Å². The molecule has 3 rings (SSSR count). The van der Waals surface area contributed by atoms with E-state index in [-0.39, 0.29) is 6.61 Å². The van der Waals surface area contributed by atoms with Crippen molar-refractivity contribution < 1.29 is 9.84 Å². The normalized spacial score (nSPS) is 21.8. The van der Waals surface area contributed by atoms with E-state index in [1.165, 1.54) is 12.8 Å². The summed E-state index contributed by atoms with van der Waals surface area (Å²) in [5.74, 6) is 0.559. The number of aliphatic hydroxyl groups is 1. The third-order valence-corrected chi connectivity index (χ3v) is 4.79. The van der Waals surface area contributed by atoms with E-state index in [9.17, 15) is 5.11 Å². The van der Waals surface area contributed by atoms with E-state index in [4.69, 9.17) is 27.9 Å². The van der Waals surface area contributed by atoms with Gasteiger partial charge < -0.3 is 9.84 Å². The molecule has 1 N–H and O–H groups in total. The zero-order valence-electron chi connectivity index (χ0n) is 12.5. The molecule has 1 unspecified atom stereocenters. The van der Waals surface area contributed by atoms with Gasteiger partial charge in [-0.25, -0.2) is 0 Å². The fourth-order valence-electron chi connectivity index (χ4n) is 2.88. The van der Waals surface area contributed by atoms with Crippen molar-refractivity contribution in [3.63, 3.8) is 0 Å². The molecule has 6 heteroatoms. The standard InChI is InChI=1S/C16H22Cl2N2O2/c17-12-1-4-16(15(18)9-12)22-11-14(21)10-19-5-7-20(8-6-19)13-2-3-13/h1,4,9,13-14,21H,2-3,5-8,10-11H2. The number of ether oxygens (including phenoxy) is 1. The zero-order valence-corrected chi connectivity index (χ0v) is 14.1. The number of benzene rings is 1. The number of β-amino-alcohol motifs (C(OH)–C–C–N with tert-alkyl or cyclic N) is 1. The van der Waals surface area contributed by atoms with Gasteiger partial charge in [-0.3, -0.25) is 9.80 Å². The highest BCUT2D eigenvalue weighted by molar-refractivity contribution is 6.35. The summed E-state index contributed by atoms with van der Waals surface area (Å²) in [6.45, 7) is 5.15. The van der Waals surface area contributed by atoms with Crippen LogP contribution in [0.2, 0.25) is 10.0 Å². The maximum Gasteiger partial charge on any atom is 0.138 e. The van der Waals surface area contributed by atoms with E-state index in [1.54, 1.807) is 18.2 Å². The molecular weight excluding hydrogens is 323 g/mol. The van der Waals surface area contributed by atoms with Crippen molar-refractivity contribution in [2.75, 3.05) is 39.3 Å². The lowest BCUT2D eigenvalue weighted by Crippen LogP contribution is -2.49. The molecule has 0 bridgehead atoms. The average Bonchev–Trinajstić information content (AvgIpc) is 3.32. The third-order valence-electron chi connectivity index (χ3n) is 4.26. The number of nitrogens with zero attached hydrogens (tertiary/aromatic N) is 2. The number of piperazine rings is 1. The number of hydrogen-bond acceptors (Lipinski definition) is 4. The largest absolute Gasteiger partial charge is 0.489 e. The minimum absolute atomic E-state index is 0.240. The summed E-state index contributed by atoms with van der Waals surface area (Å²) in [5.41, 5.74) is 0. The second kappa shape index (κ2) is 7.37. The fourth-order valence-corrected chi connectivity index (χ4v) is 3.34. The van der Waals surface area contributed by atoms with Crippen molar-refractivity contribution in [2.45, 2.75) is 25.0 Å². The van der Waals surface area contributed by atoms with Gasteiger partial charge in [-0.2, -0.15) is 0 Å². The van der Waals surface area contributed by atoms with Crippen molar-refractivity contribution in [1.82, 2.24) is 9.80 Å². The summed E-state index contributed by atoms with van der Waals surface area (Å²) < 4.78 is 5.59. The summed E-state index contributed by atoms with van der Waals surface area (Å²) >= 11 is 11.9. The van der Waals surface area contributed by atoms with E-state index < -0.39 is 6.10 Å². The molecule has 1 aromatic rings. The van der Waals surface area contributed by atoms with E-state index >= 15 is 0 Å². The molecule has 1 atom stereocenters. The molecule has 1 saturated carbocycles. The minimum atomic E-state index is -0.515. The summed E-state index contributed by atoms with van der Waals surface area (Å²) in [5, 5.41) is 11.2. The molecule has 0 aromatic heterocycles. The van der Waals surface area contributed by atoms with Gasteiger partial charge in [0.15, 0.2) is 0 Å². The SMILES string of the molecule is OC(COc1ccc(Cl)cc1Cl)CN1CCN(C2CC2)CC1. The molecule has 0 radical (unpaired) electrons. The first-order valence-electron chi connectivity index (χ1n) is 7.84. The summed E-state index contributed by atoms with van der Waals surface area (Å²) in [6, 6.07) is 5.93. The molecule has 122 valence electrons. The Hall–Kier alpha value is -0.520. The van der Waals surface area contributed by atoms with Crippen LogP contribution in [0.25, 0.3) is 0 Å². The molecular formula is C16H22Cl2N2O2. The zero-order chi connectivity index (χ0) is 15.5. The van der Waals surface area contributed by atoms with E-state index in [1.807, 2.05) is 0 Å². The third kappa shape index (κ3) is 4.49. The summed E-state index contributed by atoms with van der Waals surface area (Å²) in [7, 11) is 0. The van der Waals surface area contributed by atoms with Crippen LogP contribution in [0, 0.1) is 0 Å². The summed E-state index contributed by atoms with van der Waals surface area (Å²) in [4.78, 5) is 4.86. The van der Waals surface area contributed by atoms with Crippen molar-refractivity contribution in [2.24, 2.45) is 0 Å². The topological polar surface area (TPSA) is 35.9 Å². The average molecular weight is 345 g/mol. The quantitative estimate of drug-likeness (QED) is 0.860. The Morgan fingerprint density at radius 3 is 2.55 bits per heavy atom. The summed E-state index contributed by atoms with van der Waals surface area (Å²) in [6.07, 6.45) is 2.20. The van der Waals surface area contributed by atoms with Crippen LogP contribution in [-0.4, -0.2) is 66.4 Å². The molecule has 22 heavy (non-hydrogen) atoms. The van der Waals surface area contributed by atoms with Crippen molar-refractivity contribution in [3.8, 4) is 5.75 Å². The Morgan fingerprint density at radius 1 is 1.18 bits per heavy atom. The van der Waals surface area contributed by atoms with Gasteiger partial charge in [0.05, 0.1) is 5.02 Å². The predicted octanol–water partition coefficient (Wildman–Crippen LogP) is 2.51. The fraction of sp³-hybridized carbons (Fsp3) is 0.625. The van der Waals surface area contributed by atoms with Gasteiger partial charge in [0.25, 0.3) is 0 Å². The lowest BCUT2D eigenvalue weighted by Gasteiger charge is -2.35. The van der Waals surface area contributed by atoms with E-state index in [2.05, 4.69) is 9.80 Å². The molecule has 1 aliphatic carbocycles. The van der Waals surface area contributed by atoms with Crippen molar-refractivity contribution >= 4 is 23.2 Å². The van der Waals surface area contributed by atoms with Crippen LogP contribution in [0.15, 0.2) is 18.2 Å². The predicted molar refractivity (Wildman–Crippen MR) is 89.0 cm³/mol. The van der Waals surface area contributed by atoms with E-state index in [0.717, 1.165) is 32.2 Å². The number of hydrogen-bond donors (Lipinski definition) is 1. The van der Waals surface area contributed by atoms with Crippen molar-refractivity contribution in [1.29, 1.82) is 0 Å². The van der Waals surface area contributed by atoms with Gasteiger partial charge in [-0.05, 0) is 31.0 Å². The number of halogens is 2. The van der Waals surface area contributed by atoms with Crippen LogP contribution in [0.5, 0.6) is 5.75 Å². The molecule has 0 spiro atoms. The molecule has 1 aliphatic heterocycles. The molecule has 2 aliphatic rings. The molecule has 2 fully saturated rings. The Balaban J connectivity index is 1.39. The lowest BCUT2D eigenvalue weighted by molar-refractivity contribution is 0.0446. The lowest BCUT2D eigenvalue weighted by atomic mass is 10.2. The number of rotatable bonds is 6. The minimum Gasteiger partial charge on any atom is -0.489 e. The van der Waals surface area contributed by atoms with Crippen molar-refractivity contribution in [3.05, 3.63) is 28.2 Å². The Morgan fingerprint density at radius 2 is 1.91 bits per heavy atom. The van der Waals surface area contributed by atoms with Crippen LogP contribution in [-0.2, 0) is 0 Å². The molecule has 1 heterocycles. The molecule has 0 amide bonds. The first kappa shape index (κ1) is 16.3. The van der Waals surface area contributed by atoms with Crippen LogP contribution in [0.4, 0.5) is 0 Å². The Bertz CT molecular complexity index is 503. The number of aliphatic hydroxyl groups excluding tert-OH is 1. The first-order valence-corrected chi connectivity index (χ1v) is 8.60. The Labute approximate surface area is 141 Å². The van der Waals surface area contributed by atoms with Gasteiger partial charge in [0.1, 0.15) is 18.5 Å². The van der Waals surface area contributed by atoms with Crippen LogP contribution in [0.3, 0.4) is 0 Å². The second-order valence-electron chi connectivity index (χ2n) is 6.11. The van der Waals surface area contributed by atoms with Crippen LogP contribution >= 0.6 is 23.2 Å². The Kier molecular flexibility index (Phi) is 5.47. The van der Waals surface area contributed by atoms with Gasteiger partial charge in [0.2, 0.25) is 0 Å². The van der Waals surface area contributed by atoms with Gasteiger partial charge in [-0.15, -0.1) is 0 Å². The van der Waals surface area contributed by atoms with Crippen LogP contribution in [0.1, 0.15) is 12.8 Å². The maximum atomic E-state index is 10.1. The molecule has 1 aromatic carbocycles. The molecule has 4 nitrogen and oxygen atoms in total.